The van der Waals surface area contributed by atoms with Crippen molar-refractivity contribution in [3.05, 3.63) is 82.9 Å². The number of carbonyl (C=O) groups is 2. The largest absolute Gasteiger partial charge is 0.493 e. The Hall–Kier alpha value is -3.56. The van der Waals surface area contributed by atoms with Crippen molar-refractivity contribution in [1.29, 1.82) is 0 Å². The molecule has 0 aliphatic rings. The van der Waals surface area contributed by atoms with E-state index in [-0.39, 0.29) is 40.8 Å². The molecule has 0 unspecified atom stereocenters. The maximum absolute atomic E-state index is 13.4. The summed E-state index contributed by atoms with van der Waals surface area (Å²) in [6.07, 6.45) is 0.707. The molecule has 2 amide bonds. The number of carbonyl (C=O) groups excluding carboxylic acids is 2. The normalized spacial score (nSPS) is 11.9. The van der Waals surface area contributed by atoms with E-state index in [2.05, 4.69) is 5.32 Å². The Balaban J connectivity index is 1.90. The average molecular weight is 545 g/mol. The fraction of sp³-hybridized carbons (Fsp3) is 0.259. The second-order valence-electron chi connectivity index (χ2n) is 8.40. The van der Waals surface area contributed by atoms with Gasteiger partial charge in [-0.05, 0) is 67.4 Å². The number of anilines is 1. The highest BCUT2D eigenvalue weighted by Gasteiger charge is 2.24. The van der Waals surface area contributed by atoms with Gasteiger partial charge in [-0.2, -0.15) is 8.42 Å². The molecule has 0 radical (unpaired) electrons. The summed E-state index contributed by atoms with van der Waals surface area (Å²) in [7, 11) is -2.81. The SMILES string of the molecule is CC[C@@H](C)N(Cc1ccc(OC)c(OS(=O)(=O)c2ccc(NC(C)=O)cc2)c1)C(=O)c1ccccc1Cl. The molecule has 8 nitrogen and oxygen atoms in total. The number of benzene rings is 3. The first-order valence-corrected chi connectivity index (χ1v) is 13.4. The quantitative estimate of drug-likeness (QED) is 0.337. The van der Waals surface area contributed by atoms with E-state index < -0.39 is 10.1 Å². The summed E-state index contributed by atoms with van der Waals surface area (Å²) < 4.78 is 36.7. The highest BCUT2D eigenvalue weighted by molar-refractivity contribution is 7.87. The molecule has 0 bridgehead atoms. The van der Waals surface area contributed by atoms with Crippen LogP contribution in [-0.2, 0) is 21.5 Å². The van der Waals surface area contributed by atoms with Crippen LogP contribution in [-0.4, -0.2) is 38.3 Å². The van der Waals surface area contributed by atoms with Gasteiger partial charge < -0.3 is 19.1 Å². The number of ether oxygens (including phenoxy) is 1. The second-order valence-corrected chi connectivity index (χ2v) is 10.4. The molecular weight excluding hydrogens is 516 g/mol. The van der Waals surface area contributed by atoms with Crippen LogP contribution in [0.5, 0.6) is 11.5 Å². The number of rotatable bonds is 10. The predicted octanol–water partition coefficient (Wildman–Crippen LogP) is 5.52. The lowest BCUT2D eigenvalue weighted by atomic mass is 10.1. The van der Waals surface area contributed by atoms with Gasteiger partial charge in [-0.25, -0.2) is 0 Å². The van der Waals surface area contributed by atoms with Gasteiger partial charge in [-0.1, -0.05) is 36.7 Å². The van der Waals surface area contributed by atoms with Gasteiger partial charge >= 0.3 is 10.1 Å². The summed E-state index contributed by atoms with van der Waals surface area (Å²) in [5, 5.41) is 2.94. The number of hydrogen-bond donors (Lipinski definition) is 1. The summed E-state index contributed by atoms with van der Waals surface area (Å²) >= 11 is 6.27. The minimum atomic E-state index is -4.21. The van der Waals surface area contributed by atoms with E-state index in [9.17, 15) is 18.0 Å². The molecule has 3 aromatic rings. The standard InChI is InChI=1S/C27H29ClN2O6S/c1-5-18(2)30(27(32)23-8-6-7-9-24(23)28)17-20-10-15-25(35-4)26(16-20)36-37(33,34)22-13-11-21(12-14-22)29-19(3)31/h6-16,18H,5,17H2,1-4H3,(H,29,31)/t18-/m1/s1. The maximum Gasteiger partial charge on any atom is 0.339 e. The van der Waals surface area contributed by atoms with Gasteiger partial charge in [0.05, 0.1) is 17.7 Å². The molecule has 10 heteroatoms. The van der Waals surface area contributed by atoms with E-state index >= 15 is 0 Å². The summed E-state index contributed by atoms with van der Waals surface area (Å²) in [4.78, 5) is 26.2. The number of halogens is 1. The minimum Gasteiger partial charge on any atom is -0.493 e. The summed E-state index contributed by atoms with van der Waals surface area (Å²) in [5.41, 5.74) is 1.49. The van der Waals surface area contributed by atoms with E-state index in [1.807, 2.05) is 13.8 Å². The van der Waals surface area contributed by atoms with Crippen LogP contribution < -0.4 is 14.2 Å². The van der Waals surface area contributed by atoms with Gasteiger partial charge in [0.25, 0.3) is 5.91 Å². The van der Waals surface area contributed by atoms with Crippen LogP contribution in [0, 0.1) is 0 Å². The second kappa shape index (κ2) is 12.1. The minimum absolute atomic E-state index is 0.0137. The van der Waals surface area contributed by atoms with E-state index in [0.717, 1.165) is 0 Å². The van der Waals surface area contributed by atoms with E-state index in [1.54, 1.807) is 41.3 Å². The van der Waals surface area contributed by atoms with Crippen LogP contribution in [0.2, 0.25) is 5.02 Å². The van der Waals surface area contributed by atoms with Crippen molar-refractivity contribution >= 4 is 39.2 Å². The van der Waals surface area contributed by atoms with Gasteiger partial charge in [-0.15, -0.1) is 0 Å². The smallest absolute Gasteiger partial charge is 0.339 e. The Morgan fingerprint density at radius 3 is 2.30 bits per heavy atom. The Morgan fingerprint density at radius 2 is 1.70 bits per heavy atom. The lowest BCUT2D eigenvalue weighted by Gasteiger charge is -2.29. The van der Waals surface area contributed by atoms with Crippen molar-refractivity contribution < 1.29 is 26.9 Å². The molecule has 0 spiro atoms. The van der Waals surface area contributed by atoms with Gasteiger partial charge in [0, 0.05) is 25.2 Å². The molecule has 3 aromatic carbocycles. The Labute approximate surface area is 222 Å². The van der Waals surface area contributed by atoms with Crippen LogP contribution in [0.1, 0.15) is 43.1 Å². The third-order valence-corrected chi connectivity index (χ3v) is 7.31. The van der Waals surface area contributed by atoms with Crippen molar-refractivity contribution in [2.45, 2.75) is 44.7 Å². The molecule has 0 aliphatic heterocycles. The van der Waals surface area contributed by atoms with Gasteiger partial charge in [-0.3, -0.25) is 9.59 Å². The molecule has 0 saturated carbocycles. The Bertz CT molecular complexity index is 1380. The summed E-state index contributed by atoms with van der Waals surface area (Å²) in [6, 6.07) is 17.2. The van der Waals surface area contributed by atoms with Gasteiger partial charge in [0.1, 0.15) is 4.90 Å². The zero-order valence-corrected chi connectivity index (χ0v) is 22.6. The van der Waals surface area contributed by atoms with Crippen molar-refractivity contribution in [2.75, 3.05) is 12.4 Å². The molecular formula is C27H29ClN2O6S. The molecule has 3 rings (SSSR count). The van der Waals surface area contributed by atoms with Crippen LogP contribution in [0.15, 0.2) is 71.6 Å². The molecule has 1 atom stereocenters. The van der Waals surface area contributed by atoms with Gasteiger partial charge in [0.2, 0.25) is 5.91 Å². The molecule has 0 fully saturated rings. The first-order chi connectivity index (χ1) is 17.6. The molecule has 196 valence electrons. The Morgan fingerprint density at radius 1 is 1.03 bits per heavy atom. The number of methoxy groups -OCH3 is 1. The van der Waals surface area contributed by atoms with E-state index in [1.165, 1.54) is 44.4 Å². The zero-order valence-electron chi connectivity index (χ0n) is 21.0. The summed E-state index contributed by atoms with van der Waals surface area (Å²) in [5.74, 6) is -0.298. The van der Waals surface area contributed by atoms with Crippen LogP contribution >= 0.6 is 11.6 Å². The fourth-order valence-electron chi connectivity index (χ4n) is 3.59. The number of hydrogen-bond acceptors (Lipinski definition) is 6. The lowest BCUT2D eigenvalue weighted by Crippen LogP contribution is -2.38. The molecule has 37 heavy (non-hydrogen) atoms. The maximum atomic E-state index is 13.4. The van der Waals surface area contributed by atoms with Crippen molar-refractivity contribution in [3.8, 4) is 11.5 Å². The molecule has 0 saturated heterocycles. The third kappa shape index (κ3) is 7.02. The average Bonchev–Trinajstić information content (AvgIpc) is 2.86. The number of nitrogens with one attached hydrogen (secondary N) is 1. The lowest BCUT2D eigenvalue weighted by molar-refractivity contribution is -0.114. The highest BCUT2D eigenvalue weighted by atomic mass is 35.5. The van der Waals surface area contributed by atoms with Gasteiger partial charge in [0.15, 0.2) is 11.5 Å². The van der Waals surface area contributed by atoms with Crippen molar-refractivity contribution in [1.82, 2.24) is 4.90 Å². The molecule has 0 heterocycles. The number of nitrogens with zero attached hydrogens (tertiary/aromatic N) is 1. The van der Waals surface area contributed by atoms with E-state index in [0.29, 0.717) is 28.3 Å². The first kappa shape index (κ1) is 28.0. The molecule has 1 N–H and O–H groups in total. The van der Waals surface area contributed by atoms with E-state index in [4.69, 9.17) is 20.5 Å². The Kier molecular flexibility index (Phi) is 9.18. The third-order valence-electron chi connectivity index (χ3n) is 5.73. The topological polar surface area (TPSA) is 102 Å². The van der Waals surface area contributed by atoms with Crippen LogP contribution in [0.4, 0.5) is 5.69 Å². The van der Waals surface area contributed by atoms with Crippen LogP contribution in [0.3, 0.4) is 0 Å². The monoisotopic (exact) mass is 544 g/mol. The summed E-state index contributed by atoms with van der Waals surface area (Å²) in [6.45, 7) is 5.47. The first-order valence-electron chi connectivity index (χ1n) is 11.6. The predicted molar refractivity (Wildman–Crippen MR) is 143 cm³/mol. The van der Waals surface area contributed by atoms with Crippen molar-refractivity contribution in [2.24, 2.45) is 0 Å². The highest BCUT2D eigenvalue weighted by Crippen LogP contribution is 2.32. The van der Waals surface area contributed by atoms with Crippen LogP contribution in [0.25, 0.3) is 0 Å². The number of amides is 2. The van der Waals surface area contributed by atoms with Crippen molar-refractivity contribution in [3.63, 3.8) is 0 Å². The molecule has 0 aromatic heterocycles. The molecule has 0 aliphatic carbocycles. The zero-order chi connectivity index (χ0) is 27.2. The fourth-order valence-corrected chi connectivity index (χ4v) is 4.74.